The van der Waals surface area contributed by atoms with Crippen molar-refractivity contribution in [3.05, 3.63) is 89.7 Å². The molecule has 0 fully saturated rings. The fourth-order valence-electron chi connectivity index (χ4n) is 2.25. The Bertz CT molecular complexity index is 753. The molecule has 0 amide bonds. The van der Waals surface area contributed by atoms with Gasteiger partial charge in [-0.2, -0.15) is 13.2 Å². The lowest BCUT2D eigenvalue weighted by molar-refractivity contribution is -0.141. The molecule has 3 rings (SSSR count). The molecule has 0 N–H and O–H groups in total. The van der Waals surface area contributed by atoms with Crippen LogP contribution in [0.25, 0.3) is 0 Å². The summed E-state index contributed by atoms with van der Waals surface area (Å²) in [4.78, 5) is 7.66. The van der Waals surface area contributed by atoms with E-state index in [-0.39, 0.29) is 10.4 Å². The van der Waals surface area contributed by atoms with Gasteiger partial charge in [0.05, 0.1) is 5.25 Å². The number of halogens is 3. The first-order valence-corrected chi connectivity index (χ1v) is 8.09. The minimum absolute atomic E-state index is 0.0996. The molecule has 0 spiro atoms. The molecule has 0 aliphatic heterocycles. The van der Waals surface area contributed by atoms with Crippen LogP contribution in [0.1, 0.15) is 22.1 Å². The molecule has 0 aliphatic carbocycles. The second-order valence-corrected chi connectivity index (χ2v) is 6.11. The zero-order valence-electron chi connectivity index (χ0n) is 12.4. The van der Waals surface area contributed by atoms with Crippen LogP contribution in [0, 0.1) is 0 Å². The van der Waals surface area contributed by atoms with E-state index >= 15 is 0 Å². The minimum Gasteiger partial charge on any atom is -0.231 e. The molecule has 1 aromatic heterocycles. The van der Waals surface area contributed by atoms with Crippen molar-refractivity contribution >= 4 is 11.8 Å². The summed E-state index contributed by atoms with van der Waals surface area (Å²) in [7, 11) is 0. The molecule has 0 aliphatic rings. The van der Waals surface area contributed by atoms with E-state index in [1.165, 1.54) is 11.8 Å². The molecule has 3 aromatic rings. The maximum Gasteiger partial charge on any atom is 0.433 e. The summed E-state index contributed by atoms with van der Waals surface area (Å²) in [6, 6.07) is 20.1. The molecule has 24 heavy (non-hydrogen) atoms. The van der Waals surface area contributed by atoms with Crippen molar-refractivity contribution in [2.75, 3.05) is 0 Å². The highest BCUT2D eigenvalue weighted by Gasteiger charge is 2.33. The van der Waals surface area contributed by atoms with Gasteiger partial charge >= 0.3 is 6.18 Å². The van der Waals surface area contributed by atoms with E-state index in [0.29, 0.717) is 0 Å². The van der Waals surface area contributed by atoms with Crippen molar-refractivity contribution < 1.29 is 13.2 Å². The standard InChI is InChI=1S/C18H13F3N2S/c19-18(20,21)15-11-12-22-17(23-15)24-16(13-7-3-1-4-8-13)14-9-5-2-6-10-14/h1-12,16H. The van der Waals surface area contributed by atoms with Gasteiger partial charge in [-0.05, 0) is 17.2 Å². The third-order valence-electron chi connectivity index (χ3n) is 3.35. The van der Waals surface area contributed by atoms with Crippen LogP contribution in [-0.4, -0.2) is 9.97 Å². The van der Waals surface area contributed by atoms with E-state index in [1.807, 2.05) is 60.7 Å². The van der Waals surface area contributed by atoms with E-state index in [2.05, 4.69) is 9.97 Å². The third kappa shape index (κ3) is 3.94. The molecule has 0 bridgehead atoms. The normalized spacial score (nSPS) is 11.7. The molecule has 2 nitrogen and oxygen atoms in total. The number of rotatable bonds is 4. The van der Waals surface area contributed by atoms with Crippen LogP contribution in [0.2, 0.25) is 0 Å². The lowest BCUT2D eigenvalue weighted by Crippen LogP contribution is -2.09. The Labute approximate surface area is 141 Å². The molecule has 0 radical (unpaired) electrons. The number of thioether (sulfide) groups is 1. The maximum atomic E-state index is 12.9. The van der Waals surface area contributed by atoms with E-state index in [0.717, 1.165) is 23.4 Å². The number of benzene rings is 2. The van der Waals surface area contributed by atoms with Gasteiger partial charge in [0.25, 0.3) is 0 Å². The third-order valence-corrected chi connectivity index (χ3v) is 4.54. The lowest BCUT2D eigenvalue weighted by atomic mass is 10.0. The number of aromatic nitrogens is 2. The topological polar surface area (TPSA) is 25.8 Å². The second-order valence-electron chi connectivity index (χ2n) is 5.04. The Morgan fingerprint density at radius 3 is 1.83 bits per heavy atom. The number of alkyl halides is 3. The number of hydrogen-bond donors (Lipinski definition) is 0. The van der Waals surface area contributed by atoms with E-state index in [9.17, 15) is 13.2 Å². The SMILES string of the molecule is FC(F)(F)c1ccnc(SC(c2ccccc2)c2ccccc2)n1. The van der Waals surface area contributed by atoms with Crippen molar-refractivity contribution in [3.63, 3.8) is 0 Å². The Kier molecular flexibility index (Phi) is 4.85. The first kappa shape index (κ1) is 16.5. The molecule has 0 saturated heterocycles. The number of nitrogens with zero attached hydrogens (tertiary/aromatic N) is 2. The molecule has 0 unspecified atom stereocenters. The van der Waals surface area contributed by atoms with Crippen molar-refractivity contribution in [3.8, 4) is 0 Å². The smallest absolute Gasteiger partial charge is 0.231 e. The summed E-state index contributed by atoms with van der Waals surface area (Å²) in [6.07, 6.45) is -3.33. The van der Waals surface area contributed by atoms with Crippen molar-refractivity contribution in [1.82, 2.24) is 9.97 Å². The molecule has 6 heteroatoms. The monoisotopic (exact) mass is 346 g/mol. The van der Waals surface area contributed by atoms with Crippen molar-refractivity contribution in [1.29, 1.82) is 0 Å². The molecular formula is C18H13F3N2S. The predicted molar refractivity (Wildman–Crippen MR) is 87.6 cm³/mol. The average Bonchev–Trinajstić information content (AvgIpc) is 2.61. The fourth-order valence-corrected chi connectivity index (χ4v) is 3.32. The molecule has 0 saturated carbocycles. The maximum absolute atomic E-state index is 12.9. The van der Waals surface area contributed by atoms with Gasteiger partial charge < -0.3 is 0 Å². The van der Waals surface area contributed by atoms with Crippen LogP contribution in [0.3, 0.4) is 0 Å². The van der Waals surface area contributed by atoms with E-state index in [4.69, 9.17) is 0 Å². The van der Waals surface area contributed by atoms with Crippen molar-refractivity contribution in [2.45, 2.75) is 16.6 Å². The summed E-state index contributed by atoms with van der Waals surface area (Å²) in [6.45, 7) is 0. The zero-order chi connectivity index (χ0) is 17.0. The molecule has 1 heterocycles. The largest absolute Gasteiger partial charge is 0.433 e. The highest BCUT2D eigenvalue weighted by Crippen LogP contribution is 2.39. The van der Waals surface area contributed by atoms with Crippen LogP contribution in [-0.2, 0) is 6.18 Å². The lowest BCUT2D eigenvalue weighted by Gasteiger charge is -2.17. The summed E-state index contributed by atoms with van der Waals surface area (Å²) in [5, 5.41) is -0.0848. The Hall–Kier alpha value is -2.34. The summed E-state index contributed by atoms with van der Waals surface area (Å²) in [5.74, 6) is 0. The van der Waals surface area contributed by atoms with Gasteiger partial charge in [0.1, 0.15) is 5.69 Å². The van der Waals surface area contributed by atoms with E-state index < -0.39 is 11.9 Å². The first-order chi connectivity index (χ1) is 11.5. The highest BCUT2D eigenvalue weighted by molar-refractivity contribution is 7.99. The van der Waals surface area contributed by atoms with Gasteiger partial charge in [-0.3, -0.25) is 0 Å². The van der Waals surface area contributed by atoms with E-state index in [1.54, 1.807) is 0 Å². The first-order valence-electron chi connectivity index (χ1n) is 7.21. The number of hydrogen-bond acceptors (Lipinski definition) is 3. The van der Waals surface area contributed by atoms with Crippen LogP contribution < -0.4 is 0 Å². The highest BCUT2D eigenvalue weighted by atomic mass is 32.2. The van der Waals surface area contributed by atoms with Crippen LogP contribution in [0.5, 0.6) is 0 Å². The van der Waals surface area contributed by atoms with Crippen LogP contribution in [0.15, 0.2) is 78.1 Å². The molecule has 122 valence electrons. The summed E-state index contributed by atoms with van der Waals surface area (Å²) in [5.41, 5.74) is 1.03. The van der Waals surface area contributed by atoms with Gasteiger partial charge in [-0.25, -0.2) is 9.97 Å². The van der Waals surface area contributed by atoms with Crippen LogP contribution >= 0.6 is 11.8 Å². The molecular weight excluding hydrogens is 333 g/mol. The van der Waals surface area contributed by atoms with Gasteiger partial charge in [-0.15, -0.1) is 0 Å². The average molecular weight is 346 g/mol. The fraction of sp³-hybridized carbons (Fsp3) is 0.111. The second kappa shape index (κ2) is 7.05. The Balaban J connectivity index is 1.96. The Morgan fingerprint density at radius 2 is 1.33 bits per heavy atom. The van der Waals surface area contributed by atoms with Gasteiger partial charge in [-0.1, -0.05) is 72.4 Å². The minimum atomic E-state index is -4.48. The predicted octanol–water partition coefficient (Wildman–Crippen LogP) is 5.38. The summed E-state index contributed by atoms with van der Waals surface area (Å²) < 4.78 is 38.6. The van der Waals surface area contributed by atoms with Gasteiger partial charge in [0.2, 0.25) is 0 Å². The van der Waals surface area contributed by atoms with Gasteiger partial charge in [0.15, 0.2) is 5.16 Å². The zero-order valence-corrected chi connectivity index (χ0v) is 13.3. The Morgan fingerprint density at radius 1 is 0.792 bits per heavy atom. The van der Waals surface area contributed by atoms with Crippen molar-refractivity contribution in [2.24, 2.45) is 0 Å². The molecule has 2 aromatic carbocycles. The summed E-state index contributed by atoms with van der Waals surface area (Å²) >= 11 is 1.20. The quantitative estimate of drug-likeness (QED) is 0.469. The van der Waals surface area contributed by atoms with Crippen LogP contribution in [0.4, 0.5) is 13.2 Å². The molecule has 0 atom stereocenters. The van der Waals surface area contributed by atoms with Gasteiger partial charge in [0, 0.05) is 6.20 Å².